The van der Waals surface area contributed by atoms with E-state index in [0.717, 1.165) is 5.56 Å². The molecule has 1 heterocycles. The molecule has 1 rings (SSSR count). The maximum absolute atomic E-state index is 10.9. The van der Waals surface area contributed by atoms with E-state index in [1.54, 1.807) is 13.2 Å². The zero-order valence-electron chi connectivity index (χ0n) is 7.57. The van der Waals surface area contributed by atoms with Crippen LogP contribution >= 0.6 is 0 Å². The lowest BCUT2D eigenvalue weighted by atomic mass is 10.3. The molecule has 0 aliphatic heterocycles. The summed E-state index contributed by atoms with van der Waals surface area (Å²) in [5.74, 6) is 0.564. The molecule has 0 unspecified atom stereocenters. The number of nitrogens with one attached hydrogen (secondary N) is 1. The van der Waals surface area contributed by atoms with E-state index in [2.05, 4.69) is 15.2 Å². The summed E-state index contributed by atoms with van der Waals surface area (Å²) in [7, 11) is 3.01. The zero-order valence-corrected chi connectivity index (χ0v) is 7.57. The third-order valence-corrected chi connectivity index (χ3v) is 1.64. The molecule has 0 bridgehead atoms. The average molecular weight is 184 g/mol. The van der Waals surface area contributed by atoms with E-state index < -0.39 is 6.09 Å². The Kier molecular flexibility index (Phi) is 2.86. The molecule has 3 N–H and O–H groups in total. The molecular weight excluding hydrogens is 172 g/mol. The van der Waals surface area contributed by atoms with E-state index >= 15 is 0 Å². The average Bonchev–Trinajstić information content (AvgIpc) is 2.48. The molecular formula is C7H12N4O2. The van der Waals surface area contributed by atoms with Crippen molar-refractivity contribution in [3.63, 3.8) is 0 Å². The predicted molar refractivity (Wildman–Crippen MR) is 47.1 cm³/mol. The van der Waals surface area contributed by atoms with Crippen molar-refractivity contribution in [1.82, 2.24) is 9.78 Å². The Labute approximate surface area is 75.7 Å². The van der Waals surface area contributed by atoms with Crippen molar-refractivity contribution in [3.05, 3.63) is 11.8 Å². The van der Waals surface area contributed by atoms with E-state index in [1.165, 1.54) is 11.8 Å². The molecule has 0 aliphatic rings. The van der Waals surface area contributed by atoms with Crippen molar-refractivity contribution in [2.24, 2.45) is 12.8 Å². The summed E-state index contributed by atoms with van der Waals surface area (Å²) >= 11 is 0. The standard InChI is InChI=1S/C7H12N4O2/c1-11-6(10-7(12)13-2)5(3-8)4-9-11/h4H,3,8H2,1-2H3,(H,10,12). The van der Waals surface area contributed by atoms with Crippen LogP contribution in [0.15, 0.2) is 6.20 Å². The van der Waals surface area contributed by atoms with Crippen molar-refractivity contribution in [2.45, 2.75) is 6.54 Å². The van der Waals surface area contributed by atoms with Gasteiger partial charge in [-0.1, -0.05) is 0 Å². The zero-order chi connectivity index (χ0) is 9.84. The van der Waals surface area contributed by atoms with Gasteiger partial charge in [-0.05, 0) is 0 Å². The Hall–Kier alpha value is -1.56. The van der Waals surface area contributed by atoms with Crippen molar-refractivity contribution < 1.29 is 9.53 Å². The largest absolute Gasteiger partial charge is 0.453 e. The van der Waals surface area contributed by atoms with Gasteiger partial charge >= 0.3 is 6.09 Å². The van der Waals surface area contributed by atoms with Crippen LogP contribution in [0.5, 0.6) is 0 Å². The van der Waals surface area contributed by atoms with Gasteiger partial charge in [0.05, 0.1) is 13.3 Å². The molecule has 1 amide bonds. The van der Waals surface area contributed by atoms with Gasteiger partial charge < -0.3 is 10.5 Å². The molecule has 6 nitrogen and oxygen atoms in total. The fourth-order valence-corrected chi connectivity index (χ4v) is 0.941. The fraction of sp³-hybridized carbons (Fsp3) is 0.429. The number of aryl methyl sites for hydroxylation is 1. The molecule has 0 saturated carbocycles. The van der Waals surface area contributed by atoms with Crippen LogP contribution in [0.4, 0.5) is 10.6 Å². The van der Waals surface area contributed by atoms with Crippen LogP contribution in [-0.4, -0.2) is 23.0 Å². The lowest BCUT2D eigenvalue weighted by Crippen LogP contribution is -2.15. The van der Waals surface area contributed by atoms with Crippen LogP contribution < -0.4 is 11.1 Å². The smallest absolute Gasteiger partial charge is 0.412 e. The third-order valence-electron chi connectivity index (χ3n) is 1.64. The molecule has 0 atom stereocenters. The summed E-state index contributed by atoms with van der Waals surface area (Å²) in [4.78, 5) is 10.9. The molecule has 1 aromatic heterocycles. The molecule has 0 fully saturated rings. The molecule has 0 aliphatic carbocycles. The number of rotatable bonds is 2. The van der Waals surface area contributed by atoms with Gasteiger partial charge in [-0.15, -0.1) is 0 Å². The quantitative estimate of drug-likeness (QED) is 0.680. The van der Waals surface area contributed by atoms with E-state index in [0.29, 0.717) is 12.4 Å². The third kappa shape index (κ3) is 1.97. The highest BCUT2D eigenvalue weighted by Gasteiger charge is 2.09. The fourth-order valence-electron chi connectivity index (χ4n) is 0.941. The number of anilines is 1. The van der Waals surface area contributed by atoms with Gasteiger partial charge in [-0.2, -0.15) is 5.10 Å². The van der Waals surface area contributed by atoms with E-state index in [-0.39, 0.29) is 0 Å². The first-order valence-electron chi connectivity index (χ1n) is 3.75. The Morgan fingerprint density at radius 1 is 1.85 bits per heavy atom. The number of aromatic nitrogens is 2. The first-order chi connectivity index (χ1) is 6.19. The van der Waals surface area contributed by atoms with Crippen LogP contribution in [0, 0.1) is 0 Å². The van der Waals surface area contributed by atoms with Crippen molar-refractivity contribution in [2.75, 3.05) is 12.4 Å². The second-order valence-corrected chi connectivity index (χ2v) is 2.46. The Morgan fingerprint density at radius 3 is 3.08 bits per heavy atom. The Morgan fingerprint density at radius 2 is 2.54 bits per heavy atom. The summed E-state index contributed by atoms with van der Waals surface area (Å²) in [5, 5.41) is 6.46. The first-order valence-corrected chi connectivity index (χ1v) is 3.75. The summed E-state index contributed by atoms with van der Waals surface area (Å²) in [6, 6.07) is 0. The minimum Gasteiger partial charge on any atom is -0.453 e. The number of hydrogen-bond acceptors (Lipinski definition) is 4. The van der Waals surface area contributed by atoms with Crippen LogP contribution in [0.3, 0.4) is 0 Å². The number of hydrogen-bond donors (Lipinski definition) is 2. The van der Waals surface area contributed by atoms with Crippen LogP contribution in [-0.2, 0) is 18.3 Å². The second-order valence-electron chi connectivity index (χ2n) is 2.46. The van der Waals surface area contributed by atoms with Gasteiger partial charge in [0.2, 0.25) is 0 Å². The number of nitrogens with two attached hydrogens (primary N) is 1. The van der Waals surface area contributed by atoms with Gasteiger partial charge in [-0.3, -0.25) is 10.00 Å². The molecule has 0 radical (unpaired) electrons. The van der Waals surface area contributed by atoms with E-state index in [9.17, 15) is 4.79 Å². The van der Waals surface area contributed by atoms with Gasteiger partial charge in [0.1, 0.15) is 5.82 Å². The summed E-state index contributed by atoms with van der Waals surface area (Å²) in [6.45, 7) is 0.327. The van der Waals surface area contributed by atoms with Crippen LogP contribution in [0.1, 0.15) is 5.56 Å². The topological polar surface area (TPSA) is 82.2 Å². The highest BCUT2D eigenvalue weighted by Crippen LogP contribution is 2.12. The minimum atomic E-state index is -0.529. The Balaban J connectivity index is 2.85. The van der Waals surface area contributed by atoms with Gasteiger partial charge in [0.15, 0.2) is 0 Å². The number of ether oxygens (including phenoxy) is 1. The monoisotopic (exact) mass is 184 g/mol. The maximum Gasteiger partial charge on any atom is 0.412 e. The molecule has 13 heavy (non-hydrogen) atoms. The normalized spacial score (nSPS) is 9.77. The molecule has 0 spiro atoms. The van der Waals surface area contributed by atoms with Crippen molar-refractivity contribution in [3.8, 4) is 0 Å². The molecule has 0 saturated heterocycles. The number of nitrogens with zero attached hydrogens (tertiary/aromatic N) is 2. The van der Waals surface area contributed by atoms with Gasteiger partial charge in [0.25, 0.3) is 0 Å². The summed E-state index contributed by atoms with van der Waals surface area (Å²) in [6.07, 6.45) is 1.07. The summed E-state index contributed by atoms with van der Waals surface area (Å²) < 4.78 is 5.97. The SMILES string of the molecule is COC(=O)Nc1c(CN)cnn1C. The highest BCUT2D eigenvalue weighted by molar-refractivity contribution is 5.84. The number of methoxy groups -OCH3 is 1. The second kappa shape index (κ2) is 3.90. The molecule has 1 aromatic rings. The highest BCUT2D eigenvalue weighted by atomic mass is 16.5. The number of carbonyl (C=O) groups is 1. The van der Waals surface area contributed by atoms with E-state index in [1.807, 2.05) is 0 Å². The lowest BCUT2D eigenvalue weighted by Gasteiger charge is -2.05. The van der Waals surface area contributed by atoms with Gasteiger partial charge in [-0.25, -0.2) is 4.79 Å². The lowest BCUT2D eigenvalue weighted by molar-refractivity contribution is 0.186. The van der Waals surface area contributed by atoms with Crippen molar-refractivity contribution >= 4 is 11.9 Å². The van der Waals surface area contributed by atoms with Gasteiger partial charge in [0, 0.05) is 19.2 Å². The van der Waals surface area contributed by atoms with Crippen LogP contribution in [0.2, 0.25) is 0 Å². The maximum atomic E-state index is 10.9. The molecule has 6 heteroatoms. The predicted octanol–water partition coefficient (Wildman–Crippen LogP) is 0.0571. The Bertz CT molecular complexity index is 307. The van der Waals surface area contributed by atoms with E-state index in [4.69, 9.17) is 5.73 Å². The summed E-state index contributed by atoms with van der Waals surface area (Å²) in [5.41, 5.74) is 6.21. The number of amides is 1. The minimum absolute atomic E-state index is 0.327. The molecule has 0 aromatic carbocycles. The first kappa shape index (κ1) is 9.53. The molecule has 72 valence electrons. The van der Waals surface area contributed by atoms with Crippen molar-refractivity contribution in [1.29, 1.82) is 0 Å². The number of carbonyl (C=O) groups excluding carboxylic acids is 1. The van der Waals surface area contributed by atoms with Crippen LogP contribution in [0.25, 0.3) is 0 Å².